The molecule has 134 valence electrons. The minimum Gasteiger partial charge on any atom is -0.248 e. The summed E-state index contributed by atoms with van der Waals surface area (Å²) in [5.74, 6) is 7.40. The van der Waals surface area contributed by atoms with Gasteiger partial charge >= 0.3 is 0 Å². The predicted molar refractivity (Wildman–Crippen MR) is 113 cm³/mol. The normalized spacial score (nSPS) is 21.0. The molecule has 0 spiro atoms. The number of hydrogen-bond donors (Lipinski definition) is 0. The van der Waals surface area contributed by atoms with E-state index in [1.807, 2.05) is 18.2 Å². The molecule has 0 saturated heterocycles. The summed E-state index contributed by atoms with van der Waals surface area (Å²) < 4.78 is 0.650. The first kappa shape index (κ1) is 17.7. The van der Waals surface area contributed by atoms with Gasteiger partial charge in [-0.1, -0.05) is 6.07 Å². The predicted octanol–water partition coefficient (Wildman–Crippen LogP) is 5.34. The molecule has 0 saturated carbocycles. The van der Waals surface area contributed by atoms with Crippen molar-refractivity contribution in [2.45, 2.75) is 33.2 Å². The van der Waals surface area contributed by atoms with Gasteiger partial charge in [0.15, 0.2) is 0 Å². The van der Waals surface area contributed by atoms with Crippen molar-refractivity contribution >= 4 is 22.9 Å². The summed E-state index contributed by atoms with van der Waals surface area (Å²) in [5.41, 5.74) is 3.06. The summed E-state index contributed by atoms with van der Waals surface area (Å²) in [7, 11) is 0. The van der Waals surface area contributed by atoms with E-state index >= 15 is 0 Å². The molecule has 0 aliphatic carbocycles. The molecular formula is C23H22N3S+. The molecule has 4 heterocycles. The molecule has 3 nitrogen and oxygen atoms in total. The molecule has 0 bridgehead atoms. The maximum Gasteiger partial charge on any atom is 0.238 e. The largest absolute Gasteiger partial charge is 0.248 e. The van der Waals surface area contributed by atoms with Gasteiger partial charge in [-0.25, -0.2) is 9.47 Å². The number of hydrogen-bond acceptors (Lipinski definition) is 3. The lowest BCUT2D eigenvalue weighted by Gasteiger charge is -2.41. The molecule has 4 rings (SSSR count). The van der Waals surface area contributed by atoms with E-state index in [2.05, 4.69) is 81.2 Å². The first-order chi connectivity index (χ1) is 12.9. The molecule has 1 unspecified atom stereocenters. The fraction of sp³-hybridized carbons (Fsp3) is 0.217. The highest BCUT2D eigenvalue weighted by molar-refractivity contribution is 7.13. The van der Waals surface area contributed by atoms with Crippen LogP contribution in [0.4, 0.5) is 0 Å². The lowest BCUT2D eigenvalue weighted by atomic mass is 9.99. The molecule has 2 aromatic heterocycles. The van der Waals surface area contributed by atoms with Crippen LogP contribution in [0.5, 0.6) is 0 Å². The molecule has 2 aliphatic heterocycles. The SMILES string of the molecule is CC1=C[N+]2(C(C)(C)C)C=C(c3ccc(C#Cc4ccccn4)s3)N=C2C=C1. The molecule has 2 aliphatic rings. The lowest BCUT2D eigenvalue weighted by Crippen LogP contribution is -2.55. The number of fused-ring (bicyclic) bond motifs is 1. The monoisotopic (exact) mass is 372 g/mol. The molecular weight excluding hydrogens is 350 g/mol. The van der Waals surface area contributed by atoms with E-state index in [1.165, 1.54) is 5.57 Å². The quantitative estimate of drug-likeness (QED) is 0.490. The van der Waals surface area contributed by atoms with Gasteiger partial charge in [-0.2, -0.15) is 4.99 Å². The molecule has 0 fully saturated rings. The number of pyridine rings is 1. The van der Waals surface area contributed by atoms with Crippen LogP contribution in [0.2, 0.25) is 0 Å². The Labute approximate surface area is 164 Å². The molecule has 0 aromatic carbocycles. The standard InChI is InChI=1S/C23H22N3S/c1-17-8-13-22-25-20(16-26(22,15-17)23(2,3)4)21-12-11-19(27-21)10-9-18-7-5-6-14-24-18/h5-8,11-16H,1-4H3/q+1. The maximum absolute atomic E-state index is 4.95. The lowest BCUT2D eigenvalue weighted by molar-refractivity contribution is -0.785. The summed E-state index contributed by atoms with van der Waals surface area (Å²) >= 11 is 1.67. The van der Waals surface area contributed by atoms with Crippen LogP contribution < -0.4 is 0 Å². The average molecular weight is 373 g/mol. The maximum atomic E-state index is 4.95. The number of amidine groups is 1. The third kappa shape index (κ3) is 3.21. The van der Waals surface area contributed by atoms with Gasteiger partial charge in [-0.15, -0.1) is 11.3 Å². The van der Waals surface area contributed by atoms with Gasteiger partial charge in [0.1, 0.15) is 29.3 Å². The Bertz CT molecular complexity index is 1070. The van der Waals surface area contributed by atoms with Gasteiger partial charge < -0.3 is 0 Å². The smallest absolute Gasteiger partial charge is 0.238 e. The first-order valence-corrected chi connectivity index (χ1v) is 9.80. The zero-order valence-electron chi connectivity index (χ0n) is 16.0. The first-order valence-electron chi connectivity index (χ1n) is 8.99. The summed E-state index contributed by atoms with van der Waals surface area (Å²) in [5, 5.41) is 0. The van der Waals surface area contributed by atoms with Crippen molar-refractivity contribution in [2.24, 2.45) is 4.99 Å². The van der Waals surface area contributed by atoms with E-state index < -0.39 is 0 Å². The molecule has 0 amide bonds. The van der Waals surface area contributed by atoms with E-state index in [9.17, 15) is 0 Å². The Hall–Kier alpha value is -2.74. The molecule has 1 atom stereocenters. The second-order valence-electron chi connectivity index (χ2n) is 7.77. The van der Waals surface area contributed by atoms with E-state index in [0.717, 1.165) is 27.0 Å². The van der Waals surface area contributed by atoms with E-state index in [1.54, 1.807) is 17.5 Å². The van der Waals surface area contributed by atoms with Gasteiger partial charge in [0.25, 0.3) is 0 Å². The van der Waals surface area contributed by atoms with Crippen LogP contribution in [0.3, 0.4) is 0 Å². The molecule has 27 heavy (non-hydrogen) atoms. The van der Waals surface area contributed by atoms with Gasteiger partial charge in [0.2, 0.25) is 5.84 Å². The second kappa shape index (κ2) is 6.45. The van der Waals surface area contributed by atoms with Crippen molar-refractivity contribution in [3.8, 4) is 11.8 Å². The van der Waals surface area contributed by atoms with E-state index in [0.29, 0.717) is 4.48 Å². The molecule has 0 radical (unpaired) electrons. The average Bonchev–Trinajstić information content (AvgIpc) is 3.25. The number of allylic oxidation sites excluding steroid dienone is 2. The minimum absolute atomic E-state index is 0.00846. The number of quaternary nitrogens is 1. The highest BCUT2D eigenvalue weighted by Gasteiger charge is 2.47. The summed E-state index contributed by atoms with van der Waals surface area (Å²) in [6.45, 7) is 8.90. The van der Waals surface area contributed by atoms with Crippen LogP contribution in [0.15, 0.2) is 71.6 Å². The van der Waals surface area contributed by atoms with Crippen molar-refractivity contribution in [2.75, 3.05) is 0 Å². The van der Waals surface area contributed by atoms with Crippen molar-refractivity contribution < 1.29 is 4.48 Å². The van der Waals surface area contributed by atoms with Gasteiger partial charge in [-0.05, 0) is 69.9 Å². The van der Waals surface area contributed by atoms with Gasteiger partial charge in [-0.3, -0.25) is 0 Å². The Morgan fingerprint density at radius 1 is 1.00 bits per heavy atom. The zero-order chi connectivity index (χ0) is 19.1. The Morgan fingerprint density at radius 3 is 2.59 bits per heavy atom. The van der Waals surface area contributed by atoms with Crippen molar-refractivity contribution in [1.29, 1.82) is 0 Å². The second-order valence-corrected chi connectivity index (χ2v) is 8.85. The van der Waals surface area contributed by atoms with E-state index in [-0.39, 0.29) is 5.54 Å². The Morgan fingerprint density at radius 2 is 1.85 bits per heavy atom. The van der Waals surface area contributed by atoms with Gasteiger partial charge in [0, 0.05) is 17.8 Å². The Kier molecular flexibility index (Phi) is 4.22. The molecule has 0 N–H and O–H groups in total. The van der Waals surface area contributed by atoms with Crippen LogP contribution in [0.25, 0.3) is 5.70 Å². The highest BCUT2D eigenvalue weighted by atomic mass is 32.1. The van der Waals surface area contributed by atoms with Crippen molar-refractivity contribution in [3.05, 3.63) is 82.1 Å². The fourth-order valence-electron chi connectivity index (χ4n) is 3.28. The number of thiophene rings is 1. The fourth-order valence-corrected chi connectivity index (χ4v) is 4.10. The minimum atomic E-state index is -0.00846. The van der Waals surface area contributed by atoms with Crippen LogP contribution in [-0.2, 0) is 0 Å². The van der Waals surface area contributed by atoms with Crippen LogP contribution in [0, 0.1) is 11.8 Å². The topological polar surface area (TPSA) is 25.2 Å². The summed E-state index contributed by atoms with van der Waals surface area (Å²) in [6, 6.07) is 9.94. The molecule has 4 heteroatoms. The molecule has 2 aromatic rings. The number of rotatable bonds is 1. The van der Waals surface area contributed by atoms with Crippen LogP contribution in [-0.4, -0.2) is 20.8 Å². The highest BCUT2D eigenvalue weighted by Crippen LogP contribution is 2.40. The van der Waals surface area contributed by atoms with Crippen molar-refractivity contribution in [3.63, 3.8) is 0 Å². The summed E-state index contributed by atoms with van der Waals surface area (Å²) in [6.07, 6.45) is 10.6. The summed E-state index contributed by atoms with van der Waals surface area (Å²) in [4.78, 5) is 11.4. The number of aromatic nitrogens is 1. The van der Waals surface area contributed by atoms with E-state index in [4.69, 9.17) is 4.99 Å². The number of aliphatic imine (C=N–C) groups is 1. The third-order valence-electron chi connectivity index (χ3n) is 4.79. The van der Waals surface area contributed by atoms with Gasteiger partial charge in [0.05, 0.1) is 9.75 Å². The van der Waals surface area contributed by atoms with Crippen molar-refractivity contribution in [1.82, 2.24) is 4.98 Å². The third-order valence-corrected chi connectivity index (χ3v) is 5.81. The van der Waals surface area contributed by atoms with Crippen LogP contribution in [0.1, 0.15) is 43.1 Å². The number of nitrogens with zero attached hydrogens (tertiary/aromatic N) is 3. The zero-order valence-corrected chi connectivity index (χ0v) is 16.8. The van der Waals surface area contributed by atoms with Crippen LogP contribution >= 0.6 is 11.3 Å². The Balaban J connectivity index is 1.69.